The van der Waals surface area contributed by atoms with Crippen molar-refractivity contribution in [3.63, 3.8) is 0 Å². The first-order valence-corrected chi connectivity index (χ1v) is 6.26. The van der Waals surface area contributed by atoms with E-state index in [0.717, 1.165) is 19.1 Å². The van der Waals surface area contributed by atoms with Gasteiger partial charge in [0.1, 0.15) is 0 Å². The lowest BCUT2D eigenvalue weighted by molar-refractivity contribution is 0.0591. The van der Waals surface area contributed by atoms with E-state index in [9.17, 15) is 0 Å². The van der Waals surface area contributed by atoms with Crippen LogP contribution in [0.15, 0.2) is 0 Å². The molecular formula is C13H27NO. The Morgan fingerprint density at radius 2 is 1.87 bits per heavy atom. The maximum absolute atomic E-state index is 5.40. The van der Waals surface area contributed by atoms with Gasteiger partial charge in [0, 0.05) is 19.3 Å². The number of hydrogen-bond donors (Lipinski definition) is 1. The minimum Gasteiger partial charge on any atom is -0.381 e. The lowest BCUT2D eigenvalue weighted by Gasteiger charge is -2.30. The topological polar surface area (TPSA) is 21.3 Å². The van der Waals surface area contributed by atoms with Gasteiger partial charge in [0.25, 0.3) is 0 Å². The van der Waals surface area contributed by atoms with E-state index in [0.29, 0.717) is 11.5 Å². The molecule has 1 saturated heterocycles. The van der Waals surface area contributed by atoms with E-state index in [1.165, 1.54) is 25.7 Å². The van der Waals surface area contributed by atoms with Crippen molar-refractivity contribution >= 4 is 0 Å². The van der Waals surface area contributed by atoms with Gasteiger partial charge in [-0.1, -0.05) is 20.8 Å². The zero-order valence-corrected chi connectivity index (χ0v) is 10.8. The van der Waals surface area contributed by atoms with Crippen LogP contribution in [0.1, 0.15) is 46.5 Å². The number of hydrogen-bond acceptors (Lipinski definition) is 2. The molecule has 2 nitrogen and oxygen atoms in total. The molecule has 0 radical (unpaired) electrons. The number of rotatable bonds is 4. The minimum absolute atomic E-state index is 0.429. The fourth-order valence-electron chi connectivity index (χ4n) is 2.43. The third-order valence-corrected chi connectivity index (χ3v) is 3.23. The van der Waals surface area contributed by atoms with E-state index in [1.807, 2.05) is 0 Å². The van der Waals surface area contributed by atoms with Gasteiger partial charge in [-0.05, 0) is 44.1 Å². The van der Waals surface area contributed by atoms with Gasteiger partial charge in [-0.2, -0.15) is 0 Å². The van der Waals surface area contributed by atoms with Crippen molar-refractivity contribution in [2.75, 3.05) is 20.3 Å². The molecule has 0 spiro atoms. The van der Waals surface area contributed by atoms with Gasteiger partial charge < -0.3 is 10.1 Å². The maximum Gasteiger partial charge on any atom is 0.0468 e. The van der Waals surface area contributed by atoms with Crippen LogP contribution in [0.25, 0.3) is 0 Å². The fraction of sp³-hybridized carbons (Fsp3) is 1.00. The zero-order chi connectivity index (χ0) is 11.3. The Labute approximate surface area is 94.8 Å². The largest absolute Gasteiger partial charge is 0.381 e. The molecule has 1 atom stereocenters. The summed E-state index contributed by atoms with van der Waals surface area (Å²) < 4.78 is 5.40. The van der Waals surface area contributed by atoms with Crippen molar-refractivity contribution in [1.82, 2.24) is 5.32 Å². The average Bonchev–Trinajstić information content (AvgIpc) is 2.16. The summed E-state index contributed by atoms with van der Waals surface area (Å²) in [5.74, 6) is 0.874. The highest BCUT2D eigenvalue weighted by Gasteiger charge is 2.22. The third kappa shape index (κ3) is 5.53. The van der Waals surface area contributed by atoms with Crippen LogP contribution in [0, 0.1) is 11.3 Å². The summed E-state index contributed by atoms with van der Waals surface area (Å²) in [5, 5.41) is 3.47. The molecule has 0 bridgehead atoms. The predicted octanol–water partition coefficient (Wildman–Crippen LogP) is 2.83. The van der Waals surface area contributed by atoms with Crippen molar-refractivity contribution in [2.24, 2.45) is 11.3 Å². The predicted molar refractivity (Wildman–Crippen MR) is 65.1 cm³/mol. The summed E-state index contributed by atoms with van der Waals surface area (Å²) in [6, 6.07) is 0.674. The Kier molecular flexibility index (Phi) is 5.07. The molecule has 0 aliphatic carbocycles. The number of ether oxygens (including phenoxy) is 1. The summed E-state index contributed by atoms with van der Waals surface area (Å²) in [6.45, 7) is 8.90. The quantitative estimate of drug-likeness (QED) is 0.775. The molecule has 0 aromatic heterocycles. The molecule has 1 aliphatic heterocycles. The molecule has 0 aromatic carbocycles. The average molecular weight is 213 g/mol. The van der Waals surface area contributed by atoms with Gasteiger partial charge in [0.15, 0.2) is 0 Å². The van der Waals surface area contributed by atoms with E-state index >= 15 is 0 Å². The van der Waals surface area contributed by atoms with Gasteiger partial charge in [0.2, 0.25) is 0 Å². The highest BCUT2D eigenvalue weighted by molar-refractivity contribution is 4.77. The van der Waals surface area contributed by atoms with Crippen molar-refractivity contribution in [3.8, 4) is 0 Å². The van der Waals surface area contributed by atoms with Gasteiger partial charge in [0.05, 0.1) is 0 Å². The first kappa shape index (κ1) is 13.0. The highest BCUT2D eigenvalue weighted by atomic mass is 16.5. The van der Waals surface area contributed by atoms with E-state index in [1.54, 1.807) is 0 Å². The highest BCUT2D eigenvalue weighted by Crippen LogP contribution is 2.27. The van der Waals surface area contributed by atoms with Crippen LogP contribution in [0.5, 0.6) is 0 Å². The molecule has 90 valence electrons. The monoisotopic (exact) mass is 213 g/mol. The third-order valence-electron chi connectivity index (χ3n) is 3.23. The van der Waals surface area contributed by atoms with Gasteiger partial charge >= 0.3 is 0 Å². The van der Waals surface area contributed by atoms with Crippen LogP contribution in [0.3, 0.4) is 0 Å². The molecule has 0 saturated carbocycles. The lowest BCUT2D eigenvalue weighted by Crippen LogP contribution is -2.33. The molecule has 1 unspecified atom stereocenters. The maximum atomic E-state index is 5.40. The van der Waals surface area contributed by atoms with E-state index in [2.05, 4.69) is 33.1 Å². The van der Waals surface area contributed by atoms with Gasteiger partial charge in [-0.15, -0.1) is 0 Å². The zero-order valence-electron chi connectivity index (χ0n) is 10.8. The van der Waals surface area contributed by atoms with Crippen LogP contribution in [0.4, 0.5) is 0 Å². The summed E-state index contributed by atoms with van der Waals surface area (Å²) in [6.07, 6.45) is 5.09. The second-order valence-electron chi connectivity index (χ2n) is 6.04. The second-order valence-corrected chi connectivity index (χ2v) is 6.04. The Morgan fingerprint density at radius 1 is 1.27 bits per heavy atom. The van der Waals surface area contributed by atoms with E-state index in [4.69, 9.17) is 4.74 Å². The van der Waals surface area contributed by atoms with Crippen molar-refractivity contribution in [1.29, 1.82) is 0 Å². The smallest absolute Gasteiger partial charge is 0.0468 e. The molecule has 2 heteroatoms. The summed E-state index contributed by atoms with van der Waals surface area (Å²) >= 11 is 0. The van der Waals surface area contributed by atoms with Crippen LogP contribution < -0.4 is 5.32 Å². The Balaban J connectivity index is 2.31. The van der Waals surface area contributed by atoms with Crippen LogP contribution in [0.2, 0.25) is 0 Å². The van der Waals surface area contributed by atoms with E-state index < -0.39 is 0 Å². The Hall–Kier alpha value is -0.0800. The molecule has 1 heterocycles. The Bertz CT molecular complexity index is 168. The van der Waals surface area contributed by atoms with Crippen LogP contribution in [-0.2, 0) is 4.74 Å². The summed E-state index contributed by atoms with van der Waals surface area (Å²) in [5.41, 5.74) is 0.429. The van der Waals surface area contributed by atoms with Crippen LogP contribution >= 0.6 is 0 Å². The Morgan fingerprint density at radius 3 is 2.33 bits per heavy atom. The SMILES string of the molecule is CNC(CC1CCOCC1)CC(C)(C)C. The first-order valence-electron chi connectivity index (χ1n) is 6.26. The standard InChI is InChI=1S/C13H27NO/c1-13(2,3)10-12(14-4)9-11-5-7-15-8-6-11/h11-12,14H,5-10H2,1-4H3. The molecule has 0 aromatic rings. The molecule has 1 N–H and O–H groups in total. The first-order chi connectivity index (χ1) is 7.01. The van der Waals surface area contributed by atoms with E-state index in [-0.39, 0.29) is 0 Å². The fourth-order valence-corrected chi connectivity index (χ4v) is 2.43. The molecule has 1 rings (SSSR count). The minimum atomic E-state index is 0.429. The van der Waals surface area contributed by atoms with Crippen molar-refractivity contribution in [3.05, 3.63) is 0 Å². The molecule has 1 fully saturated rings. The second kappa shape index (κ2) is 5.86. The number of nitrogens with one attached hydrogen (secondary N) is 1. The molecule has 1 aliphatic rings. The summed E-state index contributed by atoms with van der Waals surface area (Å²) in [7, 11) is 2.09. The van der Waals surface area contributed by atoms with Crippen LogP contribution in [-0.4, -0.2) is 26.3 Å². The van der Waals surface area contributed by atoms with Crippen molar-refractivity contribution < 1.29 is 4.74 Å². The van der Waals surface area contributed by atoms with Crippen molar-refractivity contribution in [2.45, 2.75) is 52.5 Å². The molecule has 0 amide bonds. The molecule has 15 heavy (non-hydrogen) atoms. The summed E-state index contributed by atoms with van der Waals surface area (Å²) in [4.78, 5) is 0. The lowest BCUT2D eigenvalue weighted by atomic mass is 9.83. The van der Waals surface area contributed by atoms with Gasteiger partial charge in [-0.25, -0.2) is 0 Å². The normalized spacial score (nSPS) is 21.6. The van der Waals surface area contributed by atoms with Gasteiger partial charge in [-0.3, -0.25) is 0 Å². The molecular weight excluding hydrogens is 186 g/mol.